The molecule has 574 valence electrons. The number of hydrogen-bond acceptors (Lipinski definition) is 18. The van der Waals surface area contributed by atoms with Gasteiger partial charge in [-0.1, -0.05) is 103 Å². The molecule has 1 aliphatic rings. The summed E-state index contributed by atoms with van der Waals surface area (Å²) in [5.74, 6) is -16.6. The Morgan fingerprint density at radius 3 is 1.30 bits per heavy atom. The highest BCUT2D eigenvalue weighted by Crippen LogP contribution is 2.29. The summed E-state index contributed by atoms with van der Waals surface area (Å²) < 4.78 is 0. The maximum absolute atomic E-state index is 13.9. The first-order valence-electron chi connectivity index (χ1n) is 34.4. The number of aliphatic carboxylic acids is 5. The van der Waals surface area contributed by atoms with E-state index in [4.69, 9.17) is 5.11 Å². The Morgan fingerprint density at radius 2 is 0.802 bits per heavy atom. The molecule has 12 amide bonds. The van der Waals surface area contributed by atoms with Crippen LogP contribution in [0.5, 0.6) is 0 Å². The summed E-state index contributed by atoms with van der Waals surface area (Å²) in [6.45, 7) is -1.64. The number of fused-ring (bicyclic) bond motifs is 1. The van der Waals surface area contributed by atoms with Gasteiger partial charge in [0.2, 0.25) is 59.1 Å². The van der Waals surface area contributed by atoms with Gasteiger partial charge in [-0.25, -0.2) is 14.4 Å². The molecule has 0 spiro atoms. The molecule has 35 heteroatoms. The standard InChI is InChI=1S/C71H92N12O23/c1-40(86)75-53(33-41-12-4-2-5-13-41)65(98)79-54(34-42-14-6-3-7-15-42)66(99)80-56(39-85)68(101)81-55(38-84)67(100)77-49(26-29-59(90)91)64(97)76-48(25-28-58(88)89)62(95)74-37-57(87)73-36-43-19-23-46(24-20-43)61(94)78-52(35-44-21-22-45-16-8-9-17-47(45)32-44)63(96)72-31-11-10-18-50(69(102)103)82-71(106)83-51(70(104)105)27-30-60(92)93/h2-9,12-17,21-22,32,43,46,48-56,84-85H,10-11,18-20,23-31,33-39H2,1H3,(H,72,96)(H,73,87)(H,74,95)(H,75,86)(H,76,97)(H,77,100)(H,78,94)(H,79,98)(H,80,99)(H,81,101)(H,88,89)(H,90,91)(H,92,93)(H,102,103)(H,104,105)(H2,82,83,106)/t43?,46?,48-,49-,50-,51-,52-,53-,54-,55-,56-/m0/s1. The Morgan fingerprint density at radius 1 is 0.387 bits per heavy atom. The first-order valence-corrected chi connectivity index (χ1v) is 34.4. The number of urea groups is 1. The summed E-state index contributed by atoms with van der Waals surface area (Å²) in [5, 5.41) is 98.5. The molecule has 106 heavy (non-hydrogen) atoms. The summed E-state index contributed by atoms with van der Waals surface area (Å²) in [5.41, 5.74) is 1.96. The van der Waals surface area contributed by atoms with Crippen molar-refractivity contribution < 1.29 is 112 Å². The molecule has 0 radical (unpaired) electrons. The monoisotopic (exact) mass is 1480 g/mol. The number of aliphatic hydroxyl groups excluding tert-OH is 2. The number of hydrogen-bond donors (Lipinski definition) is 19. The molecule has 19 N–H and O–H groups in total. The number of benzene rings is 4. The van der Waals surface area contributed by atoms with Gasteiger partial charge in [0.15, 0.2) is 0 Å². The first-order chi connectivity index (χ1) is 50.5. The van der Waals surface area contributed by atoms with Crippen molar-refractivity contribution in [3.63, 3.8) is 0 Å². The van der Waals surface area contributed by atoms with Gasteiger partial charge in [0.1, 0.15) is 54.4 Å². The van der Waals surface area contributed by atoms with Gasteiger partial charge in [-0.15, -0.1) is 0 Å². The van der Waals surface area contributed by atoms with Gasteiger partial charge < -0.3 is 99.5 Å². The number of aliphatic hydroxyl groups is 2. The fourth-order valence-corrected chi connectivity index (χ4v) is 11.5. The van der Waals surface area contributed by atoms with Gasteiger partial charge in [0.05, 0.1) is 19.8 Å². The van der Waals surface area contributed by atoms with Crippen LogP contribution >= 0.6 is 0 Å². The lowest BCUT2D eigenvalue weighted by atomic mass is 9.81. The maximum Gasteiger partial charge on any atom is 0.326 e. The molecule has 1 aliphatic carbocycles. The zero-order valence-corrected chi connectivity index (χ0v) is 58.2. The third-order valence-electron chi connectivity index (χ3n) is 17.3. The SMILES string of the molecule is CC(=O)N[C@@H](Cc1ccccc1)C(=O)N[C@@H](Cc1ccccc1)C(=O)N[C@@H](CO)C(=O)N[C@@H](CO)C(=O)N[C@@H](CCC(=O)O)C(=O)N[C@@H](CCC(=O)O)C(=O)NCC(=O)NCC1CCC(C(=O)N[C@@H](Cc2ccc3ccccc3c2)C(=O)NCCCC[C@H](NC(=O)N[C@@H](CCC(=O)O)C(=O)O)C(=O)O)CC1. The molecule has 0 saturated heterocycles. The van der Waals surface area contributed by atoms with Gasteiger partial charge in [-0.3, -0.25) is 62.3 Å². The minimum Gasteiger partial charge on any atom is -0.481 e. The Balaban J connectivity index is 1.13. The minimum absolute atomic E-state index is 0.0283. The number of unbranched alkanes of at least 4 members (excludes halogenated alkanes) is 1. The molecule has 1 saturated carbocycles. The molecule has 5 rings (SSSR count). The Hall–Kier alpha value is -11.6. The normalized spacial score (nSPS) is 15.7. The summed E-state index contributed by atoms with van der Waals surface area (Å²) in [6.07, 6.45) is -1.95. The van der Waals surface area contributed by atoms with Crippen LogP contribution in [-0.2, 0) is 91.2 Å². The van der Waals surface area contributed by atoms with Crippen LogP contribution in [0.2, 0.25) is 0 Å². The molecule has 4 aromatic carbocycles. The third kappa shape index (κ3) is 30.4. The quantitative estimate of drug-likeness (QED) is 0.0221. The Kier molecular flexibility index (Phi) is 35.4. The molecular weight excluding hydrogens is 1390 g/mol. The zero-order chi connectivity index (χ0) is 77.8. The van der Waals surface area contributed by atoms with Gasteiger partial charge in [0.25, 0.3) is 0 Å². The van der Waals surface area contributed by atoms with E-state index in [1.807, 2.05) is 42.5 Å². The lowest BCUT2D eigenvalue weighted by Crippen LogP contribution is -2.61. The predicted octanol–water partition coefficient (Wildman–Crippen LogP) is -1.61. The van der Waals surface area contributed by atoms with E-state index in [1.54, 1.807) is 60.7 Å². The van der Waals surface area contributed by atoms with Crippen LogP contribution in [0.3, 0.4) is 0 Å². The molecule has 0 unspecified atom stereocenters. The van der Waals surface area contributed by atoms with Crippen LogP contribution in [0.25, 0.3) is 10.8 Å². The third-order valence-corrected chi connectivity index (χ3v) is 17.3. The second-order valence-electron chi connectivity index (χ2n) is 25.5. The van der Waals surface area contributed by atoms with Crippen LogP contribution in [0.1, 0.15) is 107 Å². The zero-order valence-electron chi connectivity index (χ0n) is 58.2. The number of carboxylic acids is 5. The predicted molar refractivity (Wildman–Crippen MR) is 375 cm³/mol. The van der Waals surface area contributed by atoms with Crippen molar-refractivity contribution in [3.8, 4) is 0 Å². The molecule has 0 aromatic heterocycles. The highest BCUT2D eigenvalue weighted by Gasteiger charge is 2.36. The lowest BCUT2D eigenvalue weighted by molar-refractivity contribution is -0.141. The van der Waals surface area contributed by atoms with E-state index >= 15 is 0 Å². The Labute approximate surface area is 608 Å². The van der Waals surface area contributed by atoms with Crippen LogP contribution in [0, 0.1) is 11.8 Å². The van der Waals surface area contributed by atoms with Gasteiger partial charge in [0, 0.05) is 64.5 Å². The van der Waals surface area contributed by atoms with E-state index in [2.05, 4.69) is 63.8 Å². The van der Waals surface area contributed by atoms with Crippen molar-refractivity contribution >= 4 is 106 Å². The van der Waals surface area contributed by atoms with E-state index in [0.717, 1.165) is 16.3 Å². The fraction of sp³-hybridized carbons (Fsp3) is 0.465. The highest BCUT2D eigenvalue weighted by atomic mass is 16.4. The van der Waals surface area contributed by atoms with Crippen molar-refractivity contribution in [2.24, 2.45) is 11.8 Å². The van der Waals surface area contributed by atoms with Gasteiger partial charge in [-0.2, -0.15) is 0 Å². The van der Waals surface area contributed by atoms with Crippen LogP contribution in [-0.4, -0.2) is 218 Å². The van der Waals surface area contributed by atoms with Crippen LogP contribution in [0.15, 0.2) is 103 Å². The van der Waals surface area contributed by atoms with Crippen molar-refractivity contribution in [2.75, 3.05) is 32.8 Å². The smallest absolute Gasteiger partial charge is 0.326 e. The van der Waals surface area contributed by atoms with Crippen molar-refractivity contribution in [3.05, 3.63) is 120 Å². The van der Waals surface area contributed by atoms with E-state index < -0.39 is 214 Å². The lowest BCUT2D eigenvalue weighted by Gasteiger charge is -2.29. The number of nitrogens with one attached hydrogen (secondary N) is 12. The largest absolute Gasteiger partial charge is 0.481 e. The van der Waals surface area contributed by atoms with Crippen LogP contribution < -0.4 is 63.8 Å². The number of rotatable bonds is 45. The van der Waals surface area contributed by atoms with Gasteiger partial charge in [-0.05, 0) is 97.6 Å². The van der Waals surface area contributed by atoms with E-state index in [9.17, 15) is 107 Å². The van der Waals surface area contributed by atoms with Crippen molar-refractivity contribution in [2.45, 2.75) is 164 Å². The molecule has 4 aromatic rings. The number of carboxylic acid groups (broad SMARTS) is 5. The van der Waals surface area contributed by atoms with Crippen molar-refractivity contribution in [1.82, 2.24) is 63.8 Å². The molecule has 0 bridgehead atoms. The molecule has 9 atom stereocenters. The van der Waals surface area contributed by atoms with E-state index in [1.165, 1.54) is 6.92 Å². The molecule has 1 fully saturated rings. The van der Waals surface area contributed by atoms with Crippen LogP contribution in [0.4, 0.5) is 4.79 Å². The second kappa shape index (κ2) is 44.1. The van der Waals surface area contributed by atoms with Gasteiger partial charge >= 0.3 is 35.9 Å². The Bertz CT molecular complexity index is 3730. The maximum atomic E-state index is 13.9. The van der Waals surface area contributed by atoms with E-state index in [0.29, 0.717) is 36.8 Å². The minimum atomic E-state index is -1.95. The first kappa shape index (κ1) is 85.0. The summed E-state index contributed by atoms with van der Waals surface area (Å²) in [6, 6.07) is 14.9. The number of carbonyl (C=O) groups excluding carboxylic acids is 11. The highest BCUT2D eigenvalue weighted by molar-refractivity contribution is 5.98. The second-order valence-corrected chi connectivity index (χ2v) is 25.5. The summed E-state index contributed by atoms with van der Waals surface area (Å²) >= 11 is 0. The average Bonchev–Trinajstić information content (AvgIpc) is 0.775. The summed E-state index contributed by atoms with van der Waals surface area (Å²) in [7, 11) is 0. The number of amides is 12. The number of carbonyl (C=O) groups is 16. The molecule has 0 aliphatic heterocycles. The topological polar surface area (TPSA) is 559 Å². The molecule has 35 nitrogen and oxygen atoms in total. The van der Waals surface area contributed by atoms with E-state index in [-0.39, 0.29) is 57.5 Å². The molecular formula is C71H92N12O23. The fourth-order valence-electron chi connectivity index (χ4n) is 11.5. The summed E-state index contributed by atoms with van der Waals surface area (Å²) in [4.78, 5) is 206. The molecule has 0 heterocycles. The van der Waals surface area contributed by atoms with Crippen molar-refractivity contribution in [1.29, 1.82) is 0 Å². The average molecular weight is 1480 g/mol.